The molecule has 3 aromatic rings. The van der Waals surface area contributed by atoms with Crippen LogP contribution >= 0.6 is 0 Å². The summed E-state index contributed by atoms with van der Waals surface area (Å²) in [5, 5.41) is 20.3. The van der Waals surface area contributed by atoms with Crippen LogP contribution in [0.4, 0.5) is 0 Å². The monoisotopic (exact) mass is 374 g/mol. The highest BCUT2D eigenvalue weighted by Crippen LogP contribution is 2.43. The minimum atomic E-state index is -0.578. The maximum Gasteiger partial charge on any atom is 0.239 e. The van der Waals surface area contributed by atoms with E-state index in [0.29, 0.717) is 5.75 Å². The van der Waals surface area contributed by atoms with E-state index in [-0.39, 0.29) is 51.0 Å². The Balaban J connectivity index is 2.41. The third kappa shape index (κ3) is 2.95. The number of aromatic hydroxyl groups is 2. The van der Waals surface area contributed by atoms with Gasteiger partial charge >= 0.3 is 0 Å². The van der Waals surface area contributed by atoms with Gasteiger partial charge in [0.1, 0.15) is 28.2 Å². The van der Waals surface area contributed by atoms with Gasteiger partial charge in [0.25, 0.3) is 0 Å². The molecule has 0 saturated carbocycles. The molecule has 0 aliphatic heterocycles. The minimum absolute atomic E-state index is 0.0254. The Morgan fingerprint density at radius 3 is 2.11 bits per heavy atom. The molecule has 8 nitrogen and oxygen atoms in total. The maximum atomic E-state index is 12.9. The van der Waals surface area contributed by atoms with Crippen LogP contribution in [0, 0.1) is 0 Å². The van der Waals surface area contributed by atoms with Gasteiger partial charge in [0, 0.05) is 18.2 Å². The third-order valence-corrected chi connectivity index (χ3v) is 4.09. The van der Waals surface area contributed by atoms with Crippen molar-refractivity contribution in [2.45, 2.75) is 0 Å². The highest BCUT2D eigenvalue weighted by Gasteiger charge is 2.24. The van der Waals surface area contributed by atoms with E-state index < -0.39 is 5.43 Å². The number of phenolic OH excluding ortho intramolecular Hbond substituents is 2. The van der Waals surface area contributed by atoms with Crippen LogP contribution in [0.3, 0.4) is 0 Å². The fourth-order valence-corrected chi connectivity index (χ4v) is 2.80. The van der Waals surface area contributed by atoms with Crippen molar-refractivity contribution >= 4 is 11.0 Å². The van der Waals surface area contributed by atoms with Gasteiger partial charge in [-0.15, -0.1) is 0 Å². The first-order valence-electron chi connectivity index (χ1n) is 7.82. The Hall–Kier alpha value is -3.55. The zero-order valence-corrected chi connectivity index (χ0v) is 15.2. The molecule has 1 aromatic heterocycles. The van der Waals surface area contributed by atoms with E-state index >= 15 is 0 Å². The molecular formula is C19H18O8. The van der Waals surface area contributed by atoms with Crippen LogP contribution in [0.1, 0.15) is 0 Å². The molecule has 0 aliphatic carbocycles. The maximum absolute atomic E-state index is 12.9. The standard InChI is InChI=1S/C19H18O8/c1-23-9-5-12(21)16-15(6-9)27-18(19(26-4)17(16)22)10-7-11(20)14(25-3)8-13(10)24-2/h5-8,20-21H,1-4H3. The molecule has 0 saturated heterocycles. The lowest BCUT2D eigenvalue weighted by atomic mass is 10.1. The van der Waals surface area contributed by atoms with Gasteiger partial charge in [-0.2, -0.15) is 0 Å². The van der Waals surface area contributed by atoms with Gasteiger partial charge in [-0.1, -0.05) is 0 Å². The number of benzene rings is 2. The molecule has 2 aromatic carbocycles. The number of rotatable bonds is 5. The van der Waals surface area contributed by atoms with Crippen LogP contribution in [0.2, 0.25) is 0 Å². The number of phenols is 2. The van der Waals surface area contributed by atoms with Crippen LogP contribution in [0.15, 0.2) is 33.5 Å². The second-order valence-corrected chi connectivity index (χ2v) is 5.54. The Kier molecular flexibility index (Phi) is 4.72. The number of hydrogen-bond acceptors (Lipinski definition) is 8. The topological polar surface area (TPSA) is 108 Å². The first-order chi connectivity index (χ1) is 12.9. The summed E-state index contributed by atoms with van der Waals surface area (Å²) in [5.41, 5.74) is -0.217. The van der Waals surface area contributed by atoms with Gasteiger partial charge in [0.2, 0.25) is 11.2 Å². The van der Waals surface area contributed by atoms with E-state index in [1.807, 2.05) is 0 Å². The molecule has 0 radical (unpaired) electrons. The fraction of sp³-hybridized carbons (Fsp3) is 0.211. The largest absolute Gasteiger partial charge is 0.507 e. The molecule has 0 fully saturated rings. The minimum Gasteiger partial charge on any atom is -0.507 e. The summed E-state index contributed by atoms with van der Waals surface area (Å²) in [7, 11) is 5.56. The quantitative estimate of drug-likeness (QED) is 0.702. The number of methoxy groups -OCH3 is 4. The summed E-state index contributed by atoms with van der Waals surface area (Å²) in [6.07, 6.45) is 0. The molecule has 27 heavy (non-hydrogen) atoms. The smallest absolute Gasteiger partial charge is 0.239 e. The molecule has 0 bridgehead atoms. The van der Waals surface area contributed by atoms with Gasteiger partial charge in [0.15, 0.2) is 17.3 Å². The highest BCUT2D eigenvalue weighted by atomic mass is 16.5. The van der Waals surface area contributed by atoms with Crippen molar-refractivity contribution < 1.29 is 33.6 Å². The van der Waals surface area contributed by atoms with Gasteiger partial charge in [-0.25, -0.2) is 0 Å². The van der Waals surface area contributed by atoms with Crippen LogP contribution in [0.25, 0.3) is 22.3 Å². The van der Waals surface area contributed by atoms with Crippen molar-refractivity contribution in [2.24, 2.45) is 0 Å². The van der Waals surface area contributed by atoms with E-state index in [1.165, 1.54) is 52.7 Å². The summed E-state index contributed by atoms with van der Waals surface area (Å²) in [4.78, 5) is 12.9. The second-order valence-electron chi connectivity index (χ2n) is 5.54. The summed E-state index contributed by atoms with van der Waals surface area (Å²) in [6.45, 7) is 0. The summed E-state index contributed by atoms with van der Waals surface area (Å²) >= 11 is 0. The predicted octanol–water partition coefficient (Wildman–Crippen LogP) is 2.91. The first-order valence-corrected chi connectivity index (χ1v) is 7.82. The van der Waals surface area contributed by atoms with E-state index in [2.05, 4.69) is 0 Å². The van der Waals surface area contributed by atoms with E-state index in [1.54, 1.807) is 0 Å². The Morgan fingerprint density at radius 2 is 1.52 bits per heavy atom. The zero-order chi connectivity index (χ0) is 19.7. The first kappa shape index (κ1) is 18.2. The molecule has 2 N–H and O–H groups in total. The lowest BCUT2D eigenvalue weighted by molar-refractivity contribution is 0.363. The molecule has 1 heterocycles. The van der Waals surface area contributed by atoms with Crippen LogP contribution in [-0.2, 0) is 0 Å². The highest BCUT2D eigenvalue weighted by molar-refractivity contribution is 5.89. The van der Waals surface area contributed by atoms with Gasteiger partial charge in [0.05, 0.1) is 34.0 Å². The SMILES string of the molecule is COc1cc(O)c2c(=O)c(OC)c(-c3cc(O)c(OC)cc3OC)oc2c1. The van der Waals surface area contributed by atoms with Gasteiger partial charge < -0.3 is 33.6 Å². The molecule has 8 heteroatoms. The van der Waals surface area contributed by atoms with Crippen molar-refractivity contribution in [1.29, 1.82) is 0 Å². The van der Waals surface area contributed by atoms with Crippen molar-refractivity contribution in [3.63, 3.8) is 0 Å². The summed E-state index contributed by atoms with van der Waals surface area (Å²) < 4.78 is 26.6. The molecule has 0 atom stereocenters. The molecule has 0 aliphatic rings. The van der Waals surface area contributed by atoms with E-state index in [4.69, 9.17) is 23.4 Å². The van der Waals surface area contributed by atoms with Crippen molar-refractivity contribution in [2.75, 3.05) is 28.4 Å². The summed E-state index contributed by atoms with van der Waals surface area (Å²) in [6, 6.07) is 5.56. The Morgan fingerprint density at radius 1 is 0.815 bits per heavy atom. The number of hydrogen-bond donors (Lipinski definition) is 2. The molecular weight excluding hydrogens is 356 g/mol. The lowest BCUT2D eigenvalue weighted by Crippen LogP contribution is -2.08. The van der Waals surface area contributed by atoms with Crippen molar-refractivity contribution in [3.05, 3.63) is 34.5 Å². The molecule has 3 rings (SSSR count). The predicted molar refractivity (Wildman–Crippen MR) is 97.5 cm³/mol. The van der Waals surface area contributed by atoms with Crippen molar-refractivity contribution in [1.82, 2.24) is 0 Å². The average molecular weight is 374 g/mol. The summed E-state index contributed by atoms with van der Waals surface area (Å²) in [5.74, 6) is 0.195. The Labute approximate surface area is 154 Å². The average Bonchev–Trinajstić information content (AvgIpc) is 2.66. The lowest BCUT2D eigenvalue weighted by Gasteiger charge is -2.14. The normalized spacial score (nSPS) is 10.7. The van der Waals surface area contributed by atoms with Crippen LogP contribution in [-0.4, -0.2) is 38.7 Å². The third-order valence-electron chi connectivity index (χ3n) is 4.09. The van der Waals surface area contributed by atoms with Crippen LogP contribution in [0.5, 0.6) is 34.5 Å². The van der Waals surface area contributed by atoms with Crippen molar-refractivity contribution in [3.8, 4) is 45.8 Å². The second kappa shape index (κ2) is 6.99. The molecule has 0 amide bonds. The van der Waals surface area contributed by atoms with Crippen LogP contribution < -0.4 is 24.4 Å². The van der Waals surface area contributed by atoms with Gasteiger partial charge in [-0.3, -0.25) is 4.79 Å². The fourth-order valence-electron chi connectivity index (χ4n) is 2.80. The zero-order valence-electron chi connectivity index (χ0n) is 15.2. The number of ether oxygens (including phenoxy) is 4. The van der Waals surface area contributed by atoms with E-state index in [0.717, 1.165) is 0 Å². The molecule has 0 unspecified atom stereocenters. The Bertz CT molecular complexity index is 1070. The van der Waals surface area contributed by atoms with E-state index in [9.17, 15) is 15.0 Å². The molecule has 142 valence electrons. The van der Waals surface area contributed by atoms with Gasteiger partial charge in [-0.05, 0) is 6.07 Å². The molecule has 0 spiro atoms. The number of fused-ring (bicyclic) bond motifs is 1.